The maximum absolute atomic E-state index is 12.2. The number of fused-ring (bicyclic) bond motifs is 1. The van der Waals surface area contributed by atoms with Gasteiger partial charge in [-0.15, -0.1) is 0 Å². The van der Waals surface area contributed by atoms with Gasteiger partial charge in [0.25, 0.3) is 0 Å². The number of rotatable bonds is 10. The zero-order valence-electron chi connectivity index (χ0n) is 22.9. The van der Waals surface area contributed by atoms with Crippen molar-refractivity contribution in [3.05, 3.63) is 59.9 Å². The zero-order valence-corrected chi connectivity index (χ0v) is 22.9. The van der Waals surface area contributed by atoms with Crippen LogP contribution in [0, 0.1) is 0 Å². The van der Waals surface area contributed by atoms with Crippen LogP contribution in [-0.4, -0.2) is 76.9 Å². The lowest BCUT2D eigenvalue weighted by Gasteiger charge is -2.36. The van der Waals surface area contributed by atoms with E-state index in [1.807, 2.05) is 63.2 Å². The molecule has 208 valence electrons. The molecule has 0 spiro atoms. The topological polar surface area (TPSA) is 117 Å². The Morgan fingerprint density at radius 3 is 2.46 bits per heavy atom. The molecule has 0 bridgehead atoms. The standard InChI is InChI=1S/C29H37N5O5/c1-29(2,3)39-28(37)31-13-7-8-15-33-16-18-34(19-17-33)26-22-12-9-14-30-23(22)25(24(32-26)27(35)36)38-20-21-10-5-4-6-11-21/h4-6,9-12,14H,7-8,13,15-20H2,1-3H3,(H,31,37)(H,35,36). The minimum Gasteiger partial charge on any atom is -0.484 e. The van der Waals surface area contributed by atoms with Gasteiger partial charge < -0.3 is 24.8 Å². The lowest BCUT2D eigenvalue weighted by Crippen LogP contribution is -2.47. The van der Waals surface area contributed by atoms with Gasteiger partial charge in [-0.2, -0.15) is 0 Å². The highest BCUT2D eigenvalue weighted by molar-refractivity contribution is 6.01. The van der Waals surface area contributed by atoms with Crippen molar-refractivity contribution >= 4 is 28.8 Å². The number of carboxylic acid groups (broad SMARTS) is 1. The molecular weight excluding hydrogens is 498 g/mol. The fraction of sp³-hybridized carbons (Fsp3) is 0.448. The number of carboxylic acids is 1. The summed E-state index contributed by atoms with van der Waals surface area (Å²) < 4.78 is 11.3. The number of carbonyl (C=O) groups excluding carboxylic acids is 1. The average Bonchev–Trinajstić information content (AvgIpc) is 2.91. The number of unbranched alkanes of at least 4 members (excludes halogenated alkanes) is 1. The molecular formula is C29H37N5O5. The molecule has 10 heteroatoms. The number of nitrogens with zero attached hydrogens (tertiary/aromatic N) is 4. The molecule has 3 heterocycles. The van der Waals surface area contributed by atoms with Gasteiger partial charge in [0, 0.05) is 44.3 Å². The Morgan fingerprint density at radius 1 is 1.03 bits per heavy atom. The fourth-order valence-corrected chi connectivity index (χ4v) is 4.50. The predicted octanol–water partition coefficient (Wildman–Crippen LogP) is 4.33. The summed E-state index contributed by atoms with van der Waals surface area (Å²) in [6.45, 7) is 10.4. The maximum Gasteiger partial charge on any atom is 0.407 e. The second-order valence-electron chi connectivity index (χ2n) is 10.6. The first kappa shape index (κ1) is 28.1. The Morgan fingerprint density at radius 2 is 1.77 bits per heavy atom. The molecule has 0 saturated carbocycles. The lowest BCUT2D eigenvalue weighted by molar-refractivity contribution is 0.0525. The van der Waals surface area contributed by atoms with Crippen molar-refractivity contribution in [2.45, 2.75) is 45.8 Å². The van der Waals surface area contributed by atoms with Gasteiger partial charge in [0.05, 0.1) is 0 Å². The molecule has 0 atom stereocenters. The summed E-state index contributed by atoms with van der Waals surface area (Å²) in [5.74, 6) is -0.349. The summed E-state index contributed by atoms with van der Waals surface area (Å²) in [5.41, 5.74) is 0.794. The summed E-state index contributed by atoms with van der Waals surface area (Å²) in [7, 11) is 0. The van der Waals surface area contributed by atoms with E-state index in [-0.39, 0.29) is 24.1 Å². The number of benzene rings is 1. The number of hydrogen-bond donors (Lipinski definition) is 2. The van der Waals surface area contributed by atoms with Gasteiger partial charge in [-0.05, 0) is 57.9 Å². The first-order valence-corrected chi connectivity index (χ1v) is 13.3. The Balaban J connectivity index is 1.37. The number of anilines is 1. The summed E-state index contributed by atoms with van der Waals surface area (Å²) >= 11 is 0. The molecule has 1 aliphatic rings. The highest BCUT2D eigenvalue weighted by atomic mass is 16.6. The fourth-order valence-electron chi connectivity index (χ4n) is 4.50. The van der Waals surface area contributed by atoms with Crippen molar-refractivity contribution in [1.82, 2.24) is 20.2 Å². The van der Waals surface area contributed by atoms with Gasteiger partial charge in [0.2, 0.25) is 0 Å². The molecule has 3 aromatic rings. The molecule has 1 amide bonds. The van der Waals surface area contributed by atoms with Crippen LogP contribution in [-0.2, 0) is 11.3 Å². The molecule has 2 N–H and O–H groups in total. The van der Waals surface area contributed by atoms with Crippen molar-refractivity contribution in [2.75, 3.05) is 44.2 Å². The number of amides is 1. The Hall–Kier alpha value is -3.92. The van der Waals surface area contributed by atoms with Crippen molar-refractivity contribution in [3.63, 3.8) is 0 Å². The second-order valence-corrected chi connectivity index (χ2v) is 10.6. The smallest absolute Gasteiger partial charge is 0.407 e. The predicted molar refractivity (Wildman–Crippen MR) is 149 cm³/mol. The number of nitrogens with one attached hydrogen (secondary N) is 1. The van der Waals surface area contributed by atoms with Gasteiger partial charge in [-0.3, -0.25) is 9.88 Å². The van der Waals surface area contributed by atoms with Crippen LogP contribution < -0.4 is 15.0 Å². The zero-order chi connectivity index (χ0) is 27.8. The van der Waals surface area contributed by atoms with E-state index < -0.39 is 11.6 Å². The van der Waals surface area contributed by atoms with Crippen LogP contribution in [0.2, 0.25) is 0 Å². The highest BCUT2D eigenvalue weighted by Gasteiger charge is 2.26. The third-order valence-corrected chi connectivity index (χ3v) is 6.37. The quantitative estimate of drug-likeness (QED) is 0.366. The number of carbonyl (C=O) groups is 2. The van der Waals surface area contributed by atoms with Gasteiger partial charge in [-0.1, -0.05) is 30.3 Å². The number of hydrogen-bond acceptors (Lipinski definition) is 8. The Labute approximate surface area is 228 Å². The molecule has 1 saturated heterocycles. The molecule has 1 aliphatic heterocycles. The van der Waals surface area contributed by atoms with E-state index >= 15 is 0 Å². The average molecular weight is 536 g/mol. The normalized spacial score (nSPS) is 14.3. The third-order valence-electron chi connectivity index (χ3n) is 6.37. The van der Waals surface area contributed by atoms with E-state index in [0.29, 0.717) is 17.9 Å². The highest BCUT2D eigenvalue weighted by Crippen LogP contribution is 2.34. The van der Waals surface area contributed by atoms with Gasteiger partial charge in [0.1, 0.15) is 23.5 Å². The number of ether oxygens (including phenoxy) is 2. The van der Waals surface area contributed by atoms with Crippen LogP contribution in [0.4, 0.5) is 10.6 Å². The van der Waals surface area contributed by atoms with Crippen LogP contribution in [0.3, 0.4) is 0 Å². The summed E-state index contributed by atoms with van der Waals surface area (Å²) in [6, 6.07) is 13.3. The van der Waals surface area contributed by atoms with Gasteiger partial charge in [-0.25, -0.2) is 14.6 Å². The van der Waals surface area contributed by atoms with E-state index in [2.05, 4.69) is 25.1 Å². The molecule has 0 radical (unpaired) electrons. The number of aromatic nitrogens is 2. The lowest BCUT2D eigenvalue weighted by atomic mass is 10.1. The third kappa shape index (κ3) is 7.79. The number of piperazine rings is 1. The van der Waals surface area contributed by atoms with Crippen molar-refractivity contribution < 1.29 is 24.2 Å². The summed E-state index contributed by atoms with van der Waals surface area (Å²) in [4.78, 5) is 37.6. The SMILES string of the molecule is CC(C)(C)OC(=O)NCCCCN1CCN(c2nc(C(=O)O)c(OCc3ccccc3)c3ncccc23)CC1. The van der Waals surface area contributed by atoms with E-state index in [4.69, 9.17) is 9.47 Å². The molecule has 39 heavy (non-hydrogen) atoms. The largest absolute Gasteiger partial charge is 0.484 e. The van der Waals surface area contributed by atoms with Gasteiger partial charge in [0.15, 0.2) is 11.4 Å². The maximum atomic E-state index is 12.2. The summed E-state index contributed by atoms with van der Waals surface area (Å²) in [6.07, 6.45) is 3.08. The van der Waals surface area contributed by atoms with Crippen molar-refractivity contribution in [2.24, 2.45) is 0 Å². The van der Waals surface area contributed by atoms with Crippen LogP contribution in [0.1, 0.15) is 49.7 Å². The Kier molecular flexibility index (Phi) is 9.19. The second kappa shape index (κ2) is 12.8. The summed E-state index contributed by atoms with van der Waals surface area (Å²) in [5, 5.41) is 13.6. The molecule has 1 aromatic carbocycles. The van der Waals surface area contributed by atoms with Gasteiger partial charge >= 0.3 is 12.1 Å². The number of aromatic carboxylic acids is 1. The van der Waals surface area contributed by atoms with Crippen LogP contribution >= 0.6 is 0 Å². The van der Waals surface area contributed by atoms with E-state index in [0.717, 1.165) is 56.5 Å². The molecule has 0 aliphatic carbocycles. The van der Waals surface area contributed by atoms with Crippen molar-refractivity contribution in [3.8, 4) is 5.75 Å². The van der Waals surface area contributed by atoms with Crippen LogP contribution in [0.5, 0.6) is 5.75 Å². The minimum atomic E-state index is -1.15. The van der Waals surface area contributed by atoms with Crippen LogP contribution in [0.25, 0.3) is 10.9 Å². The monoisotopic (exact) mass is 535 g/mol. The molecule has 0 unspecified atom stereocenters. The minimum absolute atomic E-state index is 0.132. The Bertz CT molecular complexity index is 1270. The number of pyridine rings is 2. The van der Waals surface area contributed by atoms with E-state index in [1.165, 1.54) is 0 Å². The first-order valence-electron chi connectivity index (χ1n) is 13.3. The molecule has 2 aromatic heterocycles. The molecule has 1 fully saturated rings. The van der Waals surface area contributed by atoms with E-state index in [1.54, 1.807) is 6.20 Å². The first-order chi connectivity index (χ1) is 18.7. The number of alkyl carbamates (subject to hydrolysis) is 1. The van der Waals surface area contributed by atoms with Crippen molar-refractivity contribution in [1.29, 1.82) is 0 Å². The van der Waals surface area contributed by atoms with Crippen LogP contribution in [0.15, 0.2) is 48.7 Å². The van der Waals surface area contributed by atoms with E-state index in [9.17, 15) is 14.7 Å². The molecule has 10 nitrogen and oxygen atoms in total. The molecule has 4 rings (SSSR count).